The SMILES string of the molecule is CC(C)CCc1nc(N2CCN(C(=O)CC(C)CC(C)(C)C)CC2)c2cnn(-c3cccc(Cl)c3)c2n1. The van der Waals surface area contributed by atoms with Crippen LogP contribution in [0.3, 0.4) is 0 Å². The number of aryl methyl sites for hydroxylation is 1. The molecular weight excluding hydrogens is 484 g/mol. The van der Waals surface area contributed by atoms with Gasteiger partial charge in [-0.25, -0.2) is 14.6 Å². The van der Waals surface area contributed by atoms with E-state index in [4.69, 9.17) is 21.6 Å². The maximum Gasteiger partial charge on any atom is 0.222 e. The maximum atomic E-state index is 13.0. The molecule has 0 spiro atoms. The first-order valence-electron chi connectivity index (χ1n) is 13.5. The zero-order valence-electron chi connectivity index (χ0n) is 23.2. The molecule has 200 valence electrons. The molecule has 0 radical (unpaired) electrons. The van der Waals surface area contributed by atoms with Crippen LogP contribution in [0.15, 0.2) is 30.5 Å². The number of benzene rings is 1. The third-order valence-corrected chi connectivity index (χ3v) is 7.10. The highest BCUT2D eigenvalue weighted by molar-refractivity contribution is 6.30. The Labute approximate surface area is 226 Å². The van der Waals surface area contributed by atoms with Crippen molar-refractivity contribution in [1.82, 2.24) is 24.6 Å². The number of carbonyl (C=O) groups is 1. The Bertz CT molecular complexity index is 1220. The van der Waals surface area contributed by atoms with E-state index in [0.29, 0.717) is 36.4 Å². The highest BCUT2D eigenvalue weighted by Crippen LogP contribution is 2.29. The highest BCUT2D eigenvalue weighted by atomic mass is 35.5. The number of anilines is 1. The number of piperazine rings is 1. The van der Waals surface area contributed by atoms with Crippen LogP contribution in [0.25, 0.3) is 16.7 Å². The number of hydrogen-bond acceptors (Lipinski definition) is 5. The number of amides is 1. The second-order valence-corrected chi connectivity index (χ2v) is 12.5. The minimum absolute atomic E-state index is 0.236. The van der Waals surface area contributed by atoms with E-state index in [1.165, 1.54) is 0 Å². The Hall–Kier alpha value is -2.67. The van der Waals surface area contributed by atoms with Gasteiger partial charge in [0.05, 0.1) is 17.3 Å². The lowest BCUT2D eigenvalue weighted by Gasteiger charge is -2.36. The Morgan fingerprint density at radius 3 is 2.46 bits per heavy atom. The molecule has 3 heterocycles. The second kappa shape index (κ2) is 11.4. The summed E-state index contributed by atoms with van der Waals surface area (Å²) < 4.78 is 1.85. The lowest BCUT2D eigenvalue weighted by Crippen LogP contribution is -2.49. The topological polar surface area (TPSA) is 67.2 Å². The standard InChI is InChI=1S/C29H41ClN6O/c1-20(2)10-11-25-32-27(24-19-31-36(28(24)33-25)23-9-7-8-22(30)17-23)35-14-12-34(13-15-35)26(37)16-21(3)18-29(4,5)6/h7-9,17,19-21H,10-16,18H2,1-6H3. The largest absolute Gasteiger partial charge is 0.352 e. The number of carbonyl (C=O) groups excluding carboxylic acids is 1. The Kier molecular flexibility index (Phi) is 8.42. The number of rotatable bonds is 8. The molecule has 0 aliphatic carbocycles. The van der Waals surface area contributed by atoms with Gasteiger partial charge in [-0.05, 0) is 48.3 Å². The normalized spacial score (nSPS) is 15.6. The summed E-state index contributed by atoms with van der Waals surface area (Å²) in [7, 11) is 0. The molecule has 3 aromatic rings. The molecule has 1 unspecified atom stereocenters. The third kappa shape index (κ3) is 7.01. The Morgan fingerprint density at radius 2 is 1.81 bits per heavy atom. The van der Waals surface area contributed by atoms with Crippen molar-refractivity contribution in [3.05, 3.63) is 41.3 Å². The van der Waals surface area contributed by atoms with E-state index in [0.717, 1.165) is 60.7 Å². The van der Waals surface area contributed by atoms with E-state index in [2.05, 4.69) is 51.5 Å². The molecule has 2 aromatic heterocycles. The summed E-state index contributed by atoms with van der Waals surface area (Å²) >= 11 is 6.27. The minimum atomic E-state index is 0.236. The number of hydrogen-bond donors (Lipinski definition) is 0. The molecule has 4 rings (SSSR count). The fourth-order valence-electron chi connectivity index (χ4n) is 5.22. The van der Waals surface area contributed by atoms with Gasteiger partial charge in [-0.1, -0.05) is 59.2 Å². The predicted molar refractivity (Wildman–Crippen MR) is 151 cm³/mol. The van der Waals surface area contributed by atoms with E-state index in [1.807, 2.05) is 40.0 Å². The van der Waals surface area contributed by atoms with Crippen molar-refractivity contribution in [3.63, 3.8) is 0 Å². The second-order valence-electron chi connectivity index (χ2n) is 12.1. The quantitative estimate of drug-likeness (QED) is 0.352. The average molecular weight is 525 g/mol. The van der Waals surface area contributed by atoms with Crippen LogP contribution >= 0.6 is 11.6 Å². The summed E-state index contributed by atoms with van der Waals surface area (Å²) in [6, 6.07) is 7.66. The van der Waals surface area contributed by atoms with Crippen LogP contribution in [0.5, 0.6) is 0 Å². The van der Waals surface area contributed by atoms with Gasteiger partial charge < -0.3 is 9.80 Å². The van der Waals surface area contributed by atoms with Gasteiger partial charge in [-0.2, -0.15) is 5.10 Å². The molecule has 1 aliphatic heterocycles. The van der Waals surface area contributed by atoms with Gasteiger partial charge in [0.1, 0.15) is 11.6 Å². The molecule has 1 saturated heterocycles. The molecule has 0 saturated carbocycles. The van der Waals surface area contributed by atoms with E-state index in [-0.39, 0.29) is 11.3 Å². The van der Waals surface area contributed by atoms with Gasteiger partial charge in [0.2, 0.25) is 5.91 Å². The summed E-state index contributed by atoms with van der Waals surface area (Å²) in [6.07, 6.45) is 5.34. The average Bonchev–Trinajstić information content (AvgIpc) is 3.25. The van der Waals surface area contributed by atoms with E-state index < -0.39 is 0 Å². The van der Waals surface area contributed by atoms with E-state index >= 15 is 0 Å². The van der Waals surface area contributed by atoms with E-state index in [9.17, 15) is 4.79 Å². The molecule has 0 bridgehead atoms. The van der Waals surface area contributed by atoms with Crippen LogP contribution in [0.1, 0.15) is 66.6 Å². The van der Waals surface area contributed by atoms with Crippen molar-refractivity contribution >= 4 is 34.4 Å². The Morgan fingerprint density at radius 1 is 1.08 bits per heavy atom. The summed E-state index contributed by atoms with van der Waals surface area (Å²) in [5.74, 6) is 2.94. The lowest BCUT2D eigenvalue weighted by atomic mass is 9.84. The van der Waals surface area contributed by atoms with Gasteiger partial charge in [-0.3, -0.25) is 4.79 Å². The van der Waals surface area contributed by atoms with Crippen molar-refractivity contribution in [3.8, 4) is 5.69 Å². The van der Waals surface area contributed by atoms with Gasteiger partial charge in [0.25, 0.3) is 0 Å². The highest BCUT2D eigenvalue weighted by Gasteiger charge is 2.27. The summed E-state index contributed by atoms with van der Waals surface area (Å²) in [5.41, 5.74) is 1.90. The zero-order valence-corrected chi connectivity index (χ0v) is 23.9. The first-order valence-corrected chi connectivity index (χ1v) is 13.9. The van der Waals surface area contributed by atoms with Gasteiger partial charge in [0, 0.05) is 44.0 Å². The van der Waals surface area contributed by atoms with Crippen molar-refractivity contribution in [1.29, 1.82) is 0 Å². The number of nitrogens with zero attached hydrogens (tertiary/aromatic N) is 6. The molecule has 1 atom stereocenters. The smallest absolute Gasteiger partial charge is 0.222 e. The first kappa shape index (κ1) is 27.4. The number of aromatic nitrogens is 4. The van der Waals surface area contributed by atoms with Gasteiger partial charge >= 0.3 is 0 Å². The number of halogens is 1. The van der Waals surface area contributed by atoms with Crippen molar-refractivity contribution in [2.75, 3.05) is 31.1 Å². The zero-order chi connectivity index (χ0) is 26.7. The first-order chi connectivity index (χ1) is 17.5. The predicted octanol–water partition coefficient (Wildman–Crippen LogP) is 6.17. The Balaban J connectivity index is 1.56. The van der Waals surface area contributed by atoms with Crippen LogP contribution in [-0.2, 0) is 11.2 Å². The van der Waals surface area contributed by atoms with Gasteiger partial charge in [0.15, 0.2) is 5.65 Å². The van der Waals surface area contributed by atoms with Gasteiger partial charge in [-0.15, -0.1) is 0 Å². The summed E-state index contributed by atoms with van der Waals surface area (Å²) in [5, 5.41) is 6.25. The molecule has 37 heavy (non-hydrogen) atoms. The van der Waals surface area contributed by atoms with Crippen LogP contribution in [0.2, 0.25) is 5.02 Å². The molecule has 1 aromatic carbocycles. The third-order valence-electron chi connectivity index (χ3n) is 6.87. The van der Waals surface area contributed by atoms with Crippen molar-refractivity contribution < 1.29 is 4.79 Å². The fourth-order valence-corrected chi connectivity index (χ4v) is 5.40. The lowest BCUT2D eigenvalue weighted by molar-refractivity contribution is -0.132. The molecule has 1 aliphatic rings. The number of fused-ring (bicyclic) bond motifs is 1. The van der Waals surface area contributed by atoms with Crippen LogP contribution in [0.4, 0.5) is 5.82 Å². The van der Waals surface area contributed by atoms with Crippen molar-refractivity contribution in [2.45, 2.75) is 67.2 Å². The fraction of sp³-hybridized carbons (Fsp3) is 0.586. The van der Waals surface area contributed by atoms with Crippen LogP contribution in [-0.4, -0.2) is 56.7 Å². The molecule has 1 fully saturated rings. The molecule has 0 N–H and O–H groups in total. The summed E-state index contributed by atoms with van der Waals surface area (Å²) in [4.78, 5) is 27.2. The molecule has 1 amide bonds. The molecule has 8 heteroatoms. The van der Waals surface area contributed by atoms with E-state index in [1.54, 1.807) is 0 Å². The van der Waals surface area contributed by atoms with Crippen molar-refractivity contribution in [2.24, 2.45) is 17.3 Å². The summed E-state index contributed by atoms with van der Waals surface area (Å²) in [6.45, 7) is 16.2. The van der Waals surface area contributed by atoms with Crippen LogP contribution < -0.4 is 4.90 Å². The van der Waals surface area contributed by atoms with Crippen LogP contribution in [0, 0.1) is 17.3 Å². The minimum Gasteiger partial charge on any atom is -0.352 e. The monoisotopic (exact) mass is 524 g/mol. The molecule has 7 nitrogen and oxygen atoms in total. The molecular formula is C29H41ClN6O. The maximum absolute atomic E-state index is 13.0.